The summed E-state index contributed by atoms with van der Waals surface area (Å²) in [4.78, 5) is 13.2. The van der Waals surface area contributed by atoms with Gasteiger partial charge in [0.2, 0.25) is 0 Å². The van der Waals surface area contributed by atoms with Crippen LogP contribution < -0.4 is 4.74 Å². The summed E-state index contributed by atoms with van der Waals surface area (Å²) in [5.41, 5.74) is 2.01. The smallest absolute Gasteiger partial charge is 0.276 e. The largest absolute Gasteiger partial charge is 0.496 e. The Bertz CT molecular complexity index is 998. The molecule has 0 radical (unpaired) electrons. The van der Waals surface area contributed by atoms with Crippen LogP contribution in [0, 0.1) is 0 Å². The molecule has 1 atom stereocenters. The van der Waals surface area contributed by atoms with Gasteiger partial charge in [-0.2, -0.15) is 5.10 Å². The molecule has 2 heterocycles. The summed E-state index contributed by atoms with van der Waals surface area (Å²) in [5, 5.41) is 6.46. The minimum absolute atomic E-state index is 0.271. The van der Waals surface area contributed by atoms with Gasteiger partial charge in [-0.05, 0) is 36.4 Å². The quantitative estimate of drug-likeness (QED) is 0.644. The number of hydrogen-bond donors (Lipinski definition) is 0. The van der Waals surface area contributed by atoms with Crippen molar-refractivity contribution in [2.45, 2.75) is 12.5 Å². The number of nitrogens with zero attached hydrogens (tertiary/aromatic N) is 2. The van der Waals surface area contributed by atoms with Gasteiger partial charge in [-0.1, -0.05) is 35.9 Å². The fraction of sp³-hybridized carbons (Fsp3) is 0.143. The maximum Gasteiger partial charge on any atom is 0.276 e. The van der Waals surface area contributed by atoms with Gasteiger partial charge in [0.1, 0.15) is 17.6 Å². The molecule has 0 aliphatic carbocycles. The summed E-state index contributed by atoms with van der Waals surface area (Å²) in [6.07, 6.45) is 2.11. The van der Waals surface area contributed by atoms with Crippen molar-refractivity contribution < 1.29 is 13.9 Å². The zero-order valence-corrected chi connectivity index (χ0v) is 15.4. The summed E-state index contributed by atoms with van der Waals surface area (Å²) in [6, 6.07) is 17.9. The van der Waals surface area contributed by atoms with Crippen molar-refractivity contribution >= 4 is 23.2 Å². The third kappa shape index (κ3) is 3.22. The number of amides is 1. The van der Waals surface area contributed by atoms with E-state index in [1.165, 1.54) is 5.01 Å². The zero-order chi connectivity index (χ0) is 18.8. The van der Waals surface area contributed by atoms with Crippen molar-refractivity contribution in [2.24, 2.45) is 5.10 Å². The Morgan fingerprint density at radius 1 is 1.15 bits per heavy atom. The number of furan rings is 1. The van der Waals surface area contributed by atoms with E-state index in [0.717, 1.165) is 11.3 Å². The van der Waals surface area contributed by atoms with Crippen molar-refractivity contribution in [1.82, 2.24) is 5.01 Å². The molecule has 1 aromatic heterocycles. The Morgan fingerprint density at radius 3 is 2.67 bits per heavy atom. The minimum Gasteiger partial charge on any atom is -0.496 e. The minimum atomic E-state index is -0.344. The van der Waals surface area contributed by atoms with Crippen LogP contribution in [0.5, 0.6) is 5.75 Å². The molecule has 136 valence electrons. The second-order valence-corrected chi connectivity index (χ2v) is 6.52. The topological polar surface area (TPSA) is 55.0 Å². The Labute approximate surface area is 161 Å². The van der Waals surface area contributed by atoms with Crippen molar-refractivity contribution in [3.63, 3.8) is 0 Å². The third-order valence-corrected chi connectivity index (χ3v) is 4.84. The van der Waals surface area contributed by atoms with Crippen LogP contribution >= 0.6 is 11.6 Å². The molecule has 1 amide bonds. The summed E-state index contributed by atoms with van der Waals surface area (Å²) < 4.78 is 11.0. The summed E-state index contributed by atoms with van der Waals surface area (Å²) in [5.74, 6) is 1.11. The molecule has 27 heavy (non-hydrogen) atoms. The van der Waals surface area contributed by atoms with E-state index in [2.05, 4.69) is 5.10 Å². The highest BCUT2D eigenvalue weighted by Crippen LogP contribution is 2.36. The van der Waals surface area contributed by atoms with Gasteiger partial charge in [0.05, 0.1) is 29.7 Å². The summed E-state index contributed by atoms with van der Waals surface area (Å²) in [7, 11) is 1.62. The number of methoxy groups -OCH3 is 1. The molecule has 0 N–H and O–H groups in total. The lowest BCUT2D eigenvalue weighted by molar-refractivity contribution is 0.0693. The average Bonchev–Trinajstić information content (AvgIpc) is 3.37. The Balaban J connectivity index is 1.77. The highest BCUT2D eigenvalue weighted by Gasteiger charge is 2.36. The fourth-order valence-corrected chi connectivity index (χ4v) is 3.42. The van der Waals surface area contributed by atoms with Crippen molar-refractivity contribution in [2.75, 3.05) is 7.11 Å². The van der Waals surface area contributed by atoms with E-state index < -0.39 is 0 Å². The number of hydrazone groups is 1. The maximum absolute atomic E-state index is 13.2. The molecule has 4 rings (SSSR count). The Morgan fingerprint density at radius 2 is 1.93 bits per heavy atom. The highest BCUT2D eigenvalue weighted by molar-refractivity contribution is 6.33. The molecule has 0 fully saturated rings. The normalized spacial score (nSPS) is 16.3. The first kappa shape index (κ1) is 17.4. The van der Waals surface area contributed by atoms with Crippen LogP contribution in [0.2, 0.25) is 5.02 Å². The first-order valence-electron chi connectivity index (χ1n) is 8.51. The molecule has 0 bridgehead atoms. The third-order valence-electron chi connectivity index (χ3n) is 4.51. The molecular weight excluding hydrogens is 364 g/mol. The van der Waals surface area contributed by atoms with E-state index in [-0.39, 0.29) is 11.9 Å². The number of hydrogen-bond acceptors (Lipinski definition) is 4. The van der Waals surface area contributed by atoms with Crippen LogP contribution in [-0.4, -0.2) is 23.7 Å². The van der Waals surface area contributed by atoms with E-state index in [1.54, 1.807) is 43.7 Å². The van der Waals surface area contributed by atoms with Gasteiger partial charge >= 0.3 is 0 Å². The molecule has 1 aliphatic rings. The second kappa shape index (κ2) is 7.29. The van der Waals surface area contributed by atoms with E-state index in [1.807, 2.05) is 30.3 Å². The van der Waals surface area contributed by atoms with E-state index in [4.69, 9.17) is 20.8 Å². The van der Waals surface area contributed by atoms with Gasteiger partial charge < -0.3 is 9.15 Å². The first-order chi connectivity index (χ1) is 13.2. The van der Waals surface area contributed by atoms with Gasteiger partial charge in [0, 0.05) is 12.0 Å². The predicted octanol–water partition coefficient (Wildman–Crippen LogP) is 4.93. The SMILES string of the molecule is COc1ccccc1C1=NN(C(=O)c2ccccc2Cl)[C@@H](c2ccco2)C1. The predicted molar refractivity (Wildman–Crippen MR) is 103 cm³/mol. The molecular formula is C21H17ClN2O3. The zero-order valence-electron chi connectivity index (χ0n) is 14.6. The molecule has 6 heteroatoms. The monoisotopic (exact) mass is 380 g/mol. The number of carbonyl (C=O) groups excluding carboxylic acids is 1. The number of benzene rings is 2. The van der Waals surface area contributed by atoms with Crippen molar-refractivity contribution in [1.29, 1.82) is 0 Å². The van der Waals surface area contributed by atoms with E-state index >= 15 is 0 Å². The molecule has 2 aromatic carbocycles. The molecule has 0 unspecified atom stereocenters. The lowest BCUT2D eigenvalue weighted by Crippen LogP contribution is -2.27. The van der Waals surface area contributed by atoms with Crippen molar-refractivity contribution in [3.8, 4) is 5.75 Å². The van der Waals surface area contributed by atoms with Crippen LogP contribution in [0.25, 0.3) is 0 Å². The van der Waals surface area contributed by atoms with Crippen LogP contribution in [0.1, 0.15) is 34.1 Å². The summed E-state index contributed by atoms with van der Waals surface area (Å²) >= 11 is 6.23. The molecule has 0 spiro atoms. The van der Waals surface area contributed by atoms with E-state index in [9.17, 15) is 4.79 Å². The van der Waals surface area contributed by atoms with Crippen LogP contribution in [0.3, 0.4) is 0 Å². The molecule has 3 aromatic rings. The number of para-hydroxylation sites is 1. The van der Waals surface area contributed by atoms with Gasteiger partial charge in [-0.15, -0.1) is 0 Å². The second-order valence-electron chi connectivity index (χ2n) is 6.11. The molecule has 0 saturated carbocycles. The van der Waals surface area contributed by atoms with Crippen LogP contribution in [0.4, 0.5) is 0 Å². The highest BCUT2D eigenvalue weighted by atomic mass is 35.5. The van der Waals surface area contributed by atoms with Gasteiger partial charge in [0.25, 0.3) is 5.91 Å². The van der Waals surface area contributed by atoms with E-state index in [0.29, 0.717) is 28.5 Å². The Hall–Kier alpha value is -3.05. The standard InChI is InChI=1S/C21H17ClN2O3/c1-26-19-10-5-3-8-15(19)17-13-18(20-11-6-12-27-20)24(23-17)21(25)14-7-2-4-9-16(14)22/h2-12,18H,13H2,1H3/t18-/m1/s1. The lowest BCUT2D eigenvalue weighted by Gasteiger charge is -2.20. The average molecular weight is 381 g/mol. The fourth-order valence-electron chi connectivity index (χ4n) is 3.20. The first-order valence-corrected chi connectivity index (χ1v) is 8.89. The number of halogens is 1. The van der Waals surface area contributed by atoms with Gasteiger partial charge in [0.15, 0.2) is 0 Å². The number of rotatable bonds is 4. The Kier molecular flexibility index (Phi) is 4.69. The van der Waals surface area contributed by atoms with Crippen LogP contribution in [-0.2, 0) is 0 Å². The lowest BCUT2D eigenvalue weighted by atomic mass is 10.0. The molecule has 5 nitrogen and oxygen atoms in total. The van der Waals surface area contributed by atoms with Gasteiger partial charge in [-0.25, -0.2) is 5.01 Å². The maximum atomic E-state index is 13.2. The summed E-state index contributed by atoms with van der Waals surface area (Å²) in [6.45, 7) is 0. The molecule has 1 aliphatic heterocycles. The number of ether oxygens (including phenoxy) is 1. The van der Waals surface area contributed by atoms with Crippen molar-refractivity contribution in [3.05, 3.63) is 88.8 Å². The molecule has 0 saturated heterocycles. The number of carbonyl (C=O) groups is 1. The van der Waals surface area contributed by atoms with Crippen LogP contribution in [0.15, 0.2) is 76.4 Å². The van der Waals surface area contributed by atoms with Gasteiger partial charge in [-0.3, -0.25) is 4.79 Å².